The van der Waals surface area contributed by atoms with Crippen LogP contribution in [0.4, 0.5) is 5.69 Å². The van der Waals surface area contributed by atoms with E-state index in [-0.39, 0.29) is 11.8 Å². The fourth-order valence-corrected chi connectivity index (χ4v) is 3.53. The Morgan fingerprint density at radius 2 is 1.77 bits per heavy atom. The van der Waals surface area contributed by atoms with Crippen LogP contribution in [0.15, 0.2) is 36.4 Å². The number of aryl methyl sites for hydroxylation is 3. The van der Waals surface area contributed by atoms with Crippen LogP contribution in [-0.4, -0.2) is 11.8 Å². The molecule has 4 nitrogen and oxygen atoms in total. The van der Waals surface area contributed by atoms with Crippen LogP contribution in [0, 0.1) is 26.2 Å². The van der Waals surface area contributed by atoms with Crippen molar-refractivity contribution in [1.29, 1.82) is 0 Å². The molecule has 2 amide bonds. The smallest absolute Gasteiger partial charge is 0.240 e. The van der Waals surface area contributed by atoms with Crippen LogP contribution in [0.2, 0.25) is 5.02 Å². The normalized spacial score (nSPS) is 14.6. The summed E-state index contributed by atoms with van der Waals surface area (Å²) >= 11 is 6.27. The third-order valence-corrected chi connectivity index (χ3v) is 5.12. The molecule has 0 bridgehead atoms. The minimum Gasteiger partial charge on any atom is -0.351 e. The number of rotatable bonds is 5. The Morgan fingerprint density at radius 1 is 1.04 bits per heavy atom. The summed E-state index contributed by atoms with van der Waals surface area (Å²) in [6.45, 7) is 6.27. The highest BCUT2D eigenvalue weighted by Gasteiger charge is 2.56. The summed E-state index contributed by atoms with van der Waals surface area (Å²) in [7, 11) is 0. The zero-order valence-corrected chi connectivity index (χ0v) is 16.0. The average Bonchev–Trinajstić information content (AvgIpc) is 3.38. The summed E-state index contributed by atoms with van der Waals surface area (Å²) in [4.78, 5) is 25.4. The van der Waals surface area contributed by atoms with Gasteiger partial charge in [0.25, 0.3) is 0 Å². The van der Waals surface area contributed by atoms with Gasteiger partial charge in [0.15, 0.2) is 0 Å². The first-order valence-electron chi connectivity index (χ1n) is 8.74. The van der Waals surface area contributed by atoms with Crippen LogP contribution >= 0.6 is 11.6 Å². The van der Waals surface area contributed by atoms with Crippen LogP contribution in [0.25, 0.3) is 0 Å². The molecule has 3 rings (SSSR count). The molecule has 0 unspecified atom stereocenters. The first kappa shape index (κ1) is 18.5. The minimum absolute atomic E-state index is 0.225. The molecule has 5 heteroatoms. The van der Waals surface area contributed by atoms with E-state index >= 15 is 0 Å². The van der Waals surface area contributed by atoms with Crippen LogP contribution in [-0.2, 0) is 16.1 Å². The molecule has 0 saturated heterocycles. The van der Waals surface area contributed by atoms with Gasteiger partial charge in [0.1, 0.15) is 5.41 Å². The van der Waals surface area contributed by atoms with E-state index in [0.29, 0.717) is 30.1 Å². The van der Waals surface area contributed by atoms with Crippen molar-refractivity contribution >= 4 is 29.1 Å². The van der Waals surface area contributed by atoms with E-state index in [1.807, 2.05) is 57.2 Å². The molecule has 0 heterocycles. The average molecular weight is 371 g/mol. The lowest BCUT2D eigenvalue weighted by atomic mass is 10.0. The number of amides is 2. The van der Waals surface area contributed by atoms with E-state index in [4.69, 9.17) is 11.6 Å². The molecule has 136 valence electrons. The van der Waals surface area contributed by atoms with Crippen molar-refractivity contribution in [3.05, 3.63) is 63.7 Å². The van der Waals surface area contributed by atoms with Crippen molar-refractivity contribution in [2.45, 2.75) is 40.2 Å². The monoisotopic (exact) mass is 370 g/mol. The van der Waals surface area contributed by atoms with E-state index in [2.05, 4.69) is 10.6 Å². The van der Waals surface area contributed by atoms with Crippen molar-refractivity contribution in [2.24, 2.45) is 5.41 Å². The first-order chi connectivity index (χ1) is 12.3. The molecule has 0 atom stereocenters. The van der Waals surface area contributed by atoms with Gasteiger partial charge in [-0.3, -0.25) is 9.59 Å². The Kier molecular flexibility index (Phi) is 5.05. The minimum atomic E-state index is -0.982. The lowest BCUT2D eigenvalue weighted by Crippen LogP contribution is -2.39. The van der Waals surface area contributed by atoms with Crippen LogP contribution in [0.5, 0.6) is 0 Å². The van der Waals surface area contributed by atoms with Crippen molar-refractivity contribution in [2.75, 3.05) is 5.32 Å². The maximum absolute atomic E-state index is 12.8. The van der Waals surface area contributed by atoms with E-state index in [9.17, 15) is 9.59 Å². The molecule has 2 N–H and O–H groups in total. The zero-order chi connectivity index (χ0) is 18.9. The van der Waals surface area contributed by atoms with Crippen LogP contribution in [0.1, 0.15) is 35.1 Å². The first-order valence-corrected chi connectivity index (χ1v) is 9.12. The van der Waals surface area contributed by atoms with Gasteiger partial charge in [-0.1, -0.05) is 47.5 Å². The Bertz CT molecular complexity index is 849. The van der Waals surface area contributed by atoms with Crippen molar-refractivity contribution < 1.29 is 9.59 Å². The number of carbonyl (C=O) groups excluding carboxylic acids is 2. The maximum Gasteiger partial charge on any atom is 0.240 e. The Labute approximate surface area is 158 Å². The largest absolute Gasteiger partial charge is 0.351 e. The number of nitrogens with one attached hydrogen (secondary N) is 2. The van der Waals surface area contributed by atoms with Crippen molar-refractivity contribution in [3.8, 4) is 0 Å². The quantitative estimate of drug-likeness (QED) is 0.771. The Balaban J connectivity index is 1.68. The lowest BCUT2D eigenvalue weighted by molar-refractivity contribution is -0.134. The molecule has 0 spiro atoms. The second-order valence-corrected chi connectivity index (χ2v) is 7.55. The molecule has 2 aromatic rings. The number of anilines is 1. The highest BCUT2D eigenvalue weighted by molar-refractivity contribution is 6.34. The highest BCUT2D eigenvalue weighted by Crippen LogP contribution is 2.47. The molecule has 2 aromatic carbocycles. The van der Waals surface area contributed by atoms with Gasteiger partial charge in [0, 0.05) is 6.54 Å². The maximum atomic E-state index is 12.8. The number of hydrogen-bond donors (Lipinski definition) is 2. The molecule has 0 aromatic heterocycles. The van der Waals surface area contributed by atoms with Gasteiger partial charge < -0.3 is 10.6 Å². The van der Waals surface area contributed by atoms with E-state index in [1.165, 1.54) is 0 Å². The molecule has 1 aliphatic rings. The summed E-state index contributed by atoms with van der Waals surface area (Å²) in [6.07, 6.45) is 1.11. The van der Waals surface area contributed by atoms with Gasteiger partial charge in [-0.05, 0) is 56.4 Å². The third kappa shape index (κ3) is 3.75. The summed E-state index contributed by atoms with van der Waals surface area (Å²) < 4.78 is 0. The predicted molar refractivity (Wildman–Crippen MR) is 104 cm³/mol. The van der Waals surface area contributed by atoms with Gasteiger partial charge in [0.05, 0.1) is 10.7 Å². The molecule has 1 fully saturated rings. The van der Waals surface area contributed by atoms with Gasteiger partial charge in [0.2, 0.25) is 11.8 Å². The number of halogens is 1. The van der Waals surface area contributed by atoms with E-state index < -0.39 is 5.41 Å². The zero-order valence-electron chi connectivity index (χ0n) is 15.3. The Hall–Kier alpha value is -2.33. The molecule has 0 aliphatic heterocycles. The molecule has 26 heavy (non-hydrogen) atoms. The van der Waals surface area contributed by atoms with Crippen LogP contribution in [0.3, 0.4) is 0 Å². The van der Waals surface area contributed by atoms with Crippen molar-refractivity contribution in [1.82, 2.24) is 5.32 Å². The topological polar surface area (TPSA) is 58.2 Å². The number of carbonyl (C=O) groups is 2. The van der Waals surface area contributed by atoms with Gasteiger partial charge in [-0.15, -0.1) is 0 Å². The Morgan fingerprint density at radius 3 is 2.38 bits per heavy atom. The predicted octanol–water partition coefficient (Wildman–Crippen LogP) is 4.30. The summed E-state index contributed by atoms with van der Waals surface area (Å²) in [6, 6.07) is 11.7. The third-order valence-electron chi connectivity index (χ3n) is 4.83. The SMILES string of the molecule is Cc1cccc(CNC(=O)C2(C(=O)Nc3c(C)cc(C)cc3Cl)CC2)c1. The molecule has 1 aliphatic carbocycles. The summed E-state index contributed by atoms with van der Waals surface area (Å²) in [5.74, 6) is -0.509. The number of hydrogen-bond acceptors (Lipinski definition) is 2. The summed E-state index contributed by atoms with van der Waals surface area (Å²) in [5.41, 5.74) is 3.68. The lowest BCUT2D eigenvalue weighted by Gasteiger charge is -2.18. The fourth-order valence-electron chi connectivity index (χ4n) is 3.16. The summed E-state index contributed by atoms with van der Waals surface area (Å²) in [5, 5.41) is 6.26. The standard InChI is InChI=1S/C21H23ClN2O2/c1-13-5-4-6-16(10-13)12-23-19(25)21(7-8-21)20(26)24-18-15(3)9-14(2)11-17(18)22/h4-6,9-11H,7-8,12H2,1-3H3,(H,23,25)(H,24,26). The molecule has 0 radical (unpaired) electrons. The highest BCUT2D eigenvalue weighted by atomic mass is 35.5. The van der Waals surface area contributed by atoms with Gasteiger partial charge in [-0.2, -0.15) is 0 Å². The van der Waals surface area contributed by atoms with Gasteiger partial charge in [-0.25, -0.2) is 0 Å². The van der Waals surface area contributed by atoms with E-state index in [0.717, 1.165) is 22.3 Å². The van der Waals surface area contributed by atoms with Crippen molar-refractivity contribution in [3.63, 3.8) is 0 Å². The molecular formula is C21H23ClN2O2. The van der Waals surface area contributed by atoms with E-state index in [1.54, 1.807) is 0 Å². The fraction of sp³-hybridized carbons (Fsp3) is 0.333. The van der Waals surface area contributed by atoms with Gasteiger partial charge >= 0.3 is 0 Å². The van der Waals surface area contributed by atoms with Crippen LogP contribution < -0.4 is 10.6 Å². The second-order valence-electron chi connectivity index (χ2n) is 7.15. The molecule has 1 saturated carbocycles. The molecular weight excluding hydrogens is 348 g/mol. The second kappa shape index (κ2) is 7.12. The number of benzene rings is 2.